The summed E-state index contributed by atoms with van der Waals surface area (Å²) in [7, 11) is 1.56. The van der Waals surface area contributed by atoms with Crippen molar-refractivity contribution in [3.05, 3.63) is 70.3 Å². The van der Waals surface area contributed by atoms with Gasteiger partial charge in [0.25, 0.3) is 11.7 Å². The van der Waals surface area contributed by atoms with Crippen LogP contribution in [0.5, 0.6) is 5.75 Å². The fourth-order valence-electron chi connectivity index (χ4n) is 3.87. The molecule has 170 valence electrons. The van der Waals surface area contributed by atoms with E-state index in [-0.39, 0.29) is 17.4 Å². The van der Waals surface area contributed by atoms with Gasteiger partial charge >= 0.3 is 0 Å². The first kappa shape index (κ1) is 23.5. The van der Waals surface area contributed by atoms with Crippen LogP contribution in [0.4, 0.5) is 0 Å². The zero-order valence-corrected chi connectivity index (χ0v) is 19.3. The Morgan fingerprint density at radius 3 is 2.50 bits per heavy atom. The quantitative estimate of drug-likeness (QED) is 0.284. The van der Waals surface area contributed by atoms with Crippen LogP contribution in [0.1, 0.15) is 48.6 Å². The molecule has 0 radical (unpaired) electrons. The maximum Gasteiger partial charge on any atom is 0.295 e. The Labute approximate surface area is 189 Å². The Morgan fingerprint density at radius 1 is 1.09 bits per heavy atom. The fraction of sp³-hybridized carbons (Fsp3) is 0.385. The molecule has 1 aliphatic rings. The lowest BCUT2D eigenvalue weighted by Crippen LogP contribution is -2.31. The topological polar surface area (TPSA) is 76.1 Å². The number of ketones is 1. The number of hydrogen-bond donors (Lipinski definition) is 1. The predicted octanol–water partition coefficient (Wildman–Crippen LogP) is 4.55. The average molecular weight is 438 g/mol. The Balaban J connectivity index is 2.07. The third-order valence-electron chi connectivity index (χ3n) is 5.72. The third-order valence-corrected chi connectivity index (χ3v) is 5.72. The van der Waals surface area contributed by atoms with Crippen molar-refractivity contribution in [2.24, 2.45) is 0 Å². The molecule has 6 heteroatoms. The number of aliphatic hydroxyl groups excluding tert-OH is 1. The van der Waals surface area contributed by atoms with Crippen LogP contribution in [0.15, 0.2) is 48.0 Å². The summed E-state index contributed by atoms with van der Waals surface area (Å²) in [6, 6.07) is 12.0. The number of likely N-dealkylation sites (tertiary alicyclic amines) is 1. The lowest BCUT2D eigenvalue weighted by molar-refractivity contribution is -0.140. The van der Waals surface area contributed by atoms with Crippen molar-refractivity contribution in [3.63, 3.8) is 0 Å². The van der Waals surface area contributed by atoms with Crippen LogP contribution in [-0.2, 0) is 14.3 Å². The molecular weight excluding hydrogens is 406 g/mol. The molecule has 1 atom stereocenters. The Hall–Kier alpha value is -3.12. The molecule has 1 fully saturated rings. The zero-order chi connectivity index (χ0) is 23.4. The van der Waals surface area contributed by atoms with E-state index < -0.39 is 17.7 Å². The molecule has 0 saturated carbocycles. The van der Waals surface area contributed by atoms with Gasteiger partial charge in [0, 0.05) is 18.7 Å². The molecule has 1 unspecified atom stereocenters. The lowest BCUT2D eigenvalue weighted by atomic mass is 9.94. The second-order valence-electron chi connectivity index (χ2n) is 8.34. The minimum absolute atomic E-state index is 0.0874. The second-order valence-corrected chi connectivity index (χ2v) is 8.34. The fourth-order valence-corrected chi connectivity index (χ4v) is 3.87. The standard InChI is InChI=1S/C26H31NO5/c1-16(2)32-13-7-12-27-23(19-8-6-9-21(15-19)31-5)22(25(29)26(27)30)24(28)20-11-10-17(3)18(4)14-20/h6,8-11,14-16,23,28H,7,12-13H2,1-5H3/b24-22-. The van der Waals surface area contributed by atoms with Crippen molar-refractivity contribution in [1.82, 2.24) is 4.90 Å². The van der Waals surface area contributed by atoms with Gasteiger partial charge in [0.15, 0.2) is 0 Å². The molecule has 1 N–H and O–H groups in total. The van der Waals surface area contributed by atoms with E-state index in [1.807, 2.05) is 52.0 Å². The number of hydrogen-bond acceptors (Lipinski definition) is 5. The largest absolute Gasteiger partial charge is 0.507 e. The molecule has 1 amide bonds. The highest BCUT2D eigenvalue weighted by Gasteiger charge is 2.45. The summed E-state index contributed by atoms with van der Waals surface area (Å²) in [5.74, 6) is -0.853. The molecule has 1 heterocycles. The Kier molecular flexibility index (Phi) is 7.36. The van der Waals surface area contributed by atoms with E-state index in [1.165, 1.54) is 4.90 Å². The normalized spacial score (nSPS) is 17.9. The van der Waals surface area contributed by atoms with Crippen LogP contribution in [0.3, 0.4) is 0 Å². The highest BCUT2D eigenvalue weighted by molar-refractivity contribution is 6.46. The molecule has 0 aromatic heterocycles. The van der Waals surface area contributed by atoms with Crippen molar-refractivity contribution in [2.75, 3.05) is 20.3 Å². The molecule has 2 aromatic carbocycles. The van der Waals surface area contributed by atoms with Gasteiger partial charge in [0.1, 0.15) is 11.5 Å². The van der Waals surface area contributed by atoms with Crippen LogP contribution in [0.25, 0.3) is 5.76 Å². The van der Waals surface area contributed by atoms with Gasteiger partial charge in [0.05, 0.1) is 24.8 Å². The summed E-state index contributed by atoms with van der Waals surface area (Å²) in [5.41, 5.74) is 3.39. The molecular formula is C26H31NO5. The molecule has 1 aliphatic heterocycles. The molecule has 0 spiro atoms. The van der Waals surface area contributed by atoms with E-state index in [0.717, 1.165) is 11.1 Å². The van der Waals surface area contributed by atoms with Gasteiger partial charge in [-0.15, -0.1) is 0 Å². The van der Waals surface area contributed by atoms with E-state index in [1.54, 1.807) is 25.3 Å². The lowest BCUT2D eigenvalue weighted by Gasteiger charge is -2.26. The molecule has 2 aromatic rings. The van der Waals surface area contributed by atoms with Crippen molar-refractivity contribution >= 4 is 17.4 Å². The number of benzene rings is 2. The molecule has 0 aliphatic carbocycles. The molecule has 32 heavy (non-hydrogen) atoms. The first-order valence-electron chi connectivity index (χ1n) is 10.9. The first-order valence-corrected chi connectivity index (χ1v) is 10.9. The first-order chi connectivity index (χ1) is 15.2. The molecule has 1 saturated heterocycles. The van der Waals surface area contributed by atoms with Gasteiger partial charge in [0.2, 0.25) is 0 Å². The van der Waals surface area contributed by atoms with Gasteiger partial charge in [-0.3, -0.25) is 9.59 Å². The molecule has 0 bridgehead atoms. The highest BCUT2D eigenvalue weighted by Crippen LogP contribution is 2.40. The zero-order valence-electron chi connectivity index (χ0n) is 19.3. The number of nitrogens with zero attached hydrogens (tertiary/aromatic N) is 1. The number of amides is 1. The number of aliphatic hydroxyl groups is 1. The Bertz CT molecular complexity index is 1040. The summed E-state index contributed by atoms with van der Waals surface area (Å²) in [5, 5.41) is 11.2. The van der Waals surface area contributed by atoms with E-state index in [2.05, 4.69) is 0 Å². The van der Waals surface area contributed by atoms with E-state index in [9.17, 15) is 14.7 Å². The van der Waals surface area contributed by atoms with E-state index >= 15 is 0 Å². The monoisotopic (exact) mass is 437 g/mol. The maximum absolute atomic E-state index is 13.1. The summed E-state index contributed by atoms with van der Waals surface area (Å²) < 4.78 is 11.0. The number of rotatable bonds is 8. The van der Waals surface area contributed by atoms with Gasteiger partial charge in [-0.2, -0.15) is 0 Å². The number of carbonyl (C=O) groups is 2. The van der Waals surface area contributed by atoms with Crippen LogP contribution >= 0.6 is 0 Å². The van der Waals surface area contributed by atoms with Crippen molar-refractivity contribution in [3.8, 4) is 5.75 Å². The summed E-state index contributed by atoms with van der Waals surface area (Å²) >= 11 is 0. The van der Waals surface area contributed by atoms with Crippen molar-refractivity contribution in [2.45, 2.75) is 46.3 Å². The highest BCUT2D eigenvalue weighted by atomic mass is 16.5. The molecule has 6 nitrogen and oxygen atoms in total. The second kappa shape index (κ2) is 10.0. The number of Topliss-reactive ketones (excluding diaryl/α,β-unsaturated/α-hetero) is 1. The predicted molar refractivity (Wildman–Crippen MR) is 124 cm³/mol. The van der Waals surface area contributed by atoms with Crippen LogP contribution < -0.4 is 4.74 Å². The smallest absolute Gasteiger partial charge is 0.295 e. The van der Waals surface area contributed by atoms with Crippen molar-refractivity contribution < 1.29 is 24.2 Å². The van der Waals surface area contributed by atoms with Crippen LogP contribution in [0.2, 0.25) is 0 Å². The number of carbonyl (C=O) groups excluding carboxylic acids is 2. The summed E-state index contributed by atoms with van der Waals surface area (Å²) in [6.07, 6.45) is 0.666. The maximum atomic E-state index is 13.1. The third kappa shape index (κ3) is 4.86. The summed E-state index contributed by atoms with van der Waals surface area (Å²) in [6.45, 7) is 8.64. The summed E-state index contributed by atoms with van der Waals surface area (Å²) in [4.78, 5) is 27.6. The minimum Gasteiger partial charge on any atom is -0.507 e. The average Bonchev–Trinajstić information content (AvgIpc) is 3.02. The van der Waals surface area contributed by atoms with E-state index in [4.69, 9.17) is 9.47 Å². The number of ether oxygens (including phenoxy) is 2. The number of methoxy groups -OCH3 is 1. The molecule has 3 rings (SSSR count). The Morgan fingerprint density at radius 2 is 1.84 bits per heavy atom. The van der Waals surface area contributed by atoms with Crippen LogP contribution in [0, 0.1) is 13.8 Å². The SMILES string of the molecule is COc1cccc(C2/C(=C(/O)c3ccc(C)c(C)c3)C(=O)C(=O)N2CCCOC(C)C)c1. The van der Waals surface area contributed by atoms with Gasteiger partial charge in [-0.1, -0.05) is 24.3 Å². The number of aryl methyl sites for hydroxylation is 2. The van der Waals surface area contributed by atoms with E-state index in [0.29, 0.717) is 36.4 Å². The van der Waals surface area contributed by atoms with Crippen LogP contribution in [-0.4, -0.2) is 48.1 Å². The van der Waals surface area contributed by atoms with Gasteiger partial charge in [-0.25, -0.2) is 0 Å². The van der Waals surface area contributed by atoms with Crippen molar-refractivity contribution in [1.29, 1.82) is 0 Å². The minimum atomic E-state index is -0.703. The van der Waals surface area contributed by atoms with Gasteiger partial charge < -0.3 is 19.5 Å². The van der Waals surface area contributed by atoms with Gasteiger partial charge in [-0.05, 0) is 69.0 Å².